The molecule has 22 heavy (non-hydrogen) atoms. The number of aryl methyl sites for hydroxylation is 1. The number of hydrogen-bond acceptors (Lipinski definition) is 3. The van der Waals surface area contributed by atoms with Gasteiger partial charge in [0.15, 0.2) is 0 Å². The van der Waals surface area contributed by atoms with E-state index >= 15 is 0 Å². The third-order valence-electron chi connectivity index (χ3n) is 3.53. The largest absolute Gasteiger partial charge is 0.548 e. The fourth-order valence-electron chi connectivity index (χ4n) is 2.46. The van der Waals surface area contributed by atoms with E-state index in [9.17, 15) is 19.1 Å². The summed E-state index contributed by atoms with van der Waals surface area (Å²) in [5, 5.41) is 14.2. The van der Waals surface area contributed by atoms with Gasteiger partial charge in [0.2, 0.25) is 0 Å². The minimum absolute atomic E-state index is 0.102. The van der Waals surface area contributed by atoms with Crippen LogP contribution in [0.15, 0.2) is 24.3 Å². The summed E-state index contributed by atoms with van der Waals surface area (Å²) >= 11 is 0. The van der Waals surface area contributed by atoms with Crippen molar-refractivity contribution in [2.75, 3.05) is 0 Å². The van der Waals surface area contributed by atoms with Gasteiger partial charge in [0.05, 0.1) is 12.0 Å². The Morgan fingerprint density at radius 3 is 2.59 bits per heavy atom. The minimum Gasteiger partial charge on any atom is -0.548 e. The molecule has 0 aliphatic carbocycles. The summed E-state index contributed by atoms with van der Waals surface area (Å²) in [4.78, 5) is 23.4. The number of aromatic nitrogens is 1. The van der Waals surface area contributed by atoms with E-state index in [-0.39, 0.29) is 18.0 Å². The van der Waals surface area contributed by atoms with Gasteiger partial charge >= 0.3 is 0 Å². The maximum atomic E-state index is 13.2. The molecule has 2 aromatic rings. The second-order valence-corrected chi connectivity index (χ2v) is 5.77. The maximum Gasteiger partial charge on any atom is 0.268 e. The highest BCUT2D eigenvalue weighted by Crippen LogP contribution is 2.20. The van der Waals surface area contributed by atoms with Crippen molar-refractivity contribution in [3.8, 4) is 0 Å². The summed E-state index contributed by atoms with van der Waals surface area (Å²) in [6.07, 6.45) is 0.284. The minimum atomic E-state index is -1.31. The van der Waals surface area contributed by atoms with Crippen molar-refractivity contribution in [1.29, 1.82) is 0 Å². The molecule has 0 spiro atoms. The molecule has 118 valence electrons. The van der Waals surface area contributed by atoms with E-state index in [1.54, 1.807) is 17.7 Å². The lowest BCUT2D eigenvalue weighted by Crippen LogP contribution is -2.48. The smallest absolute Gasteiger partial charge is 0.268 e. The number of carbonyl (C=O) groups is 2. The lowest BCUT2D eigenvalue weighted by Gasteiger charge is -2.21. The molecule has 5 nitrogen and oxygen atoms in total. The van der Waals surface area contributed by atoms with Crippen LogP contribution in [-0.4, -0.2) is 22.5 Å². The summed E-state index contributed by atoms with van der Waals surface area (Å²) in [6, 6.07) is 4.70. The maximum absolute atomic E-state index is 13.2. The lowest BCUT2D eigenvalue weighted by atomic mass is 10.0. The molecule has 0 unspecified atom stereocenters. The molecule has 0 saturated carbocycles. The zero-order valence-corrected chi connectivity index (χ0v) is 12.7. The van der Waals surface area contributed by atoms with Gasteiger partial charge in [-0.1, -0.05) is 13.8 Å². The molecule has 1 aromatic carbocycles. The number of halogens is 1. The predicted molar refractivity (Wildman–Crippen MR) is 78.6 cm³/mol. The van der Waals surface area contributed by atoms with Gasteiger partial charge in [0, 0.05) is 18.0 Å². The second-order valence-electron chi connectivity index (χ2n) is 5.77. The third kappa shape index (κ3) is 3.27. The molecule has 1 N–H and O–H groups in total. The standard InChI is InChI=1S/C16H19FN2O3/c1-9(2)6-12(16(21)22)18-15(20)14-8-10-7-11(17)4-5-13(10)19(14)3/h4-5,7-9,12H,6H2,1-3H3,(H,18,20)(H,21,22)/p-1/t12-/m0/s1. The topological polar surface area (TPSA) is 74.2 Å². The summed E-state index contributed by atoms with van der Waals surface area (Å²) in [5.74, 6) is -2.12. The van der Waals surface area contributed by atoms with E-state index in [1.165, 1.54) is 18.2 Å². The first-order valence-electron chi connectivity index (χ1n) is 7.06. The van der Waals surface area contributed by atoms with Crippen molar-refractivity contribution in [2.24, 2.45) is 13.0 Å². The summed E-state index contributed by atoms with van der Waals surface area (Å²) < 4.78 is 14.8. The van der Waals surface area contributed by atoms with Gasteiger partial charge in [-0.15, -0.1) is 0 Å². The zero-order valence-electron chi connectivity index (χ0n) is 12.7. The van der Waals surface area contributed by atoms with E-state index in [1.807, 2.05) is 13.8 Å². The number of amides is 1. The highest BCUT2D eigenvalue weighted by Gasteiger charge is 2.19. The Morgan fingerprint density at radius 1 is 1.32 bits per heavy atom. The monoisotopic (exact) mass is 305 g/mol. The van der Waals surface area contributed by atoms with Crippen LogP contribution in [-0.2, 0) is 11.8 Å². The predicted octanol–water partition coefficient (Wildman–Crippen LogP) is 1.21. The van der Waals surface area contributed by atoms with E-state index in [0.29, 0.717) is 10.9 Å². The van der Waals surface area contributed by atoms with Crippen LogP contribution in [0.5, 0.6) is 0 Å². The Hall–Kier alpha value is -2.37. The van der Waals surface area contributed by atoms with Crippen LogP contribution < -0.4 is 10.4 Å². The fraction of sp³-hybridized carbons (Fsp3) is 0.375. The number of carboxylic acid groups (broad SMARTS) is 1. The first kappa shape index (κ1) is 16.0. The molecular weight excluding hydrogens is 287 g/mol. The van der Waals surface area contributed by atoms with E-state index in [4.69, 9.17) is 0 Å². The van der Waals surface area contributed by atoms with Crippen LogP contribution in [0.1, 0.15) is 30.8 Å². The van der Waals surface area contributed by atoms with Crippen molar-refractivity contribution in [3.05, 3.63) is 35.8 Å². The van der Waals surface area contributed by atoms with Crippen LogP contribution in [0.2, 0.25) is 0 Å². The van der Waals surface area contributed by atoms with Gasteiger partial charge in [-0.3, -0.25) is 4.79 Å². The first-order chi connectivity index (χ1) is 10.3. The van der Waals surface area contributed by atoms with Crippen molar-refractivity contribution in [2.45, 2.75) is 26.3 Å². The second kappa shape index (κ2) is 6.17. The molecule has 1 atom stereocenters. The number of hydrogen-bond donors (Lipinski definition) is 1. The number of carbonyl (C=O) groups excluding carboxylic acids is 2. The molecule has 0 radical (unpaired) electrons. The molecule has 1 amide bonds. The molecule has 0 aliphatic rings. The Morgan fingerprint density at radius 2 is 2.00 bits per heavy atom. The Kier molecular flexibility index (Phi) is 4.49. The highest BCUT2D eigenvalue weighted by molar-refractivity contribution is 6.00. The van der Waals surface area contributed by atoms with Gasteiger partial charge in [-0.05, 0) is 36.6 Å². The molecule has 0 saturated heterocycles. The number of rotatable bonds is 5. The van der Waals surface area contributed by atoms with Crippen molar-refractivity contribution < 1.29 is 19.1 Å². The van der Waals surface area contributed by atoms with E-state index in [0.717, 1.165) is 0 Å². The van der Waals surface area contributed by atoms with Crippen LogP contribution >= 0.6 is 0 Å². The summed E-state index contributed by atoms with van der Waals surface area (Å²) in [6.45, 7) is 3.73. The molecular formula is C16H18FN2O3-. The number of benzene rings is 1. The normalized spacial score (nSPS) is 12.6. The Balaban J connectivity index is 2.29. The number of nitrogens with zero attached hydrogens (tertiary/aromatic N) is 1. The SMILES string of the molecule is CC(C)C[C@H](NC(=O)c1cc2cc(F)ccc2n1C)C(=O)[O-]. The molecule has 1 aromatic heterocycles. The summed E-state index contributed by atoms with van der Waals surface area (Å²) in [5.41, 5.74) is 0.969. The number of fused-ring (bicyclic) bond motifs is 1. The first-order valence-corrected chi connectivity index (χ1v) is 7.06. The number of carboxylic acids is 1. The van der Waals surface area contributed by atoms with Crippen LogP contribution in [0.3, 0.4) is 0 Å². The zero-order chi connectivity index (χ0) is 16.4. The van der Waals surface area contributed by atoms with Crippen molar-refractivity contribution in [1.82, 2.24) is 9.88 Å². The number of aliphatic carboxylic acids is 1. The van der Waals surface area contributed by atoms with Gasteiger partial charge in [0.1, 0.15) is 11.5 Å². The average Bonchev–Trinajstić information content (AvgIpc) is 2.74. The third-order valence-corrected chi connectivity index (χ3v) is 3.53. The fourth-order valence-corrected chi connectivity index (χ4v) is 2.46. The molecule has 0 bridgehead atoms. The van der Waals surface area contributed by atoms with Crippen LogP contribution in [0, 0.1) is 11.7 Å². The molecule has 0 aliphatic heterocycles. The van der Waals surface area contributed by atoms with Crippen molar-refractivity contribution in [3.63, 3.8) is 0 Å². The van der Waals surface area contributed by atoms with Gasteiger partial charge < -0.3 is 19.8 Å². The molecule has 6 heteroatoms. The molecule has 2 rings (SSSR count). The molecule has 1 heterocycles. The van der Waals surface area contributed by atoms with Crippen LogP contribution in [0.4, 0.5) is 4.39 Å². The Bertz CT molecular complexity index is 721. The Labute approximate surface area is 127 Å². The lowest BCUT2D eigenvalue weighted by molar-refractivity contribution is -0.308. The van der Waals surface area contributed by atoms with Gasteiger partial charge in [-0.2, -0.15) is 0 Å². The average molecular weight is 305 g/mol. The van der Waals surface area contributed by atoms with Gasteiger partial charge in [0.25, 0.3) is 5.91 Å². The number of nitrogens with one attached hydrogen (secondary N) is 1. The van der Waals surface area contributed by atoms with E-state index < -0.39 is 23.7 Å². The van der Waals surface area contributed by atoms with Gasteiger partial charge in [-0.25, -0.2) is 4.39 Å². The molecule has 0 fully saturated rings. The van der Waals surface area contributed by atoms with Crippen molar-refractivity contribution >= 4 is 22.8 Å². The highest BCUT2D eigenvalue weighted by atomic mass is 19.1. The van der Waals surface area contributed by atoms with E-state index in [2.05, 4.69) is 5.32 Å². The summed E-state index contributed by atoms with van der Waals surface area (Å²) in [7, 11) is 1.67. The van der Waals surface area contributed by atoms with Crippen LogP contribution in [0.25, 0.3) is 10.9 Å². The quantitative estimate of drug-likeness (QED) is 0.902.